The van der Waals surface area contributed by atoms with Crippen molar-refractivity contribution in [2.45, 2.75) is 78.8 Å². The van der Waals surface area contributed by atoms with E-state index in [9.17, 15) is 14.4 Å². The van der Waals surface area contributed by atoms with Gasteiger partial charge in [0, 0.05) is 12.0 Å². The standard InChI is InChI=1S/C24H32N2O3/c1-14(2)15-7-9-17(10-8-15)26-19(27)13-18(21(26)28)25(16-11-12-16)22(29)20-23(3,4)24(20,5)6/h7-10,14,16,18,20H,11-13H2,1-6H3. The third-order valence-electron chi connectivity index (χ3n) is 7.74. The maximum atomic E-state index is 13.5. The number of rotatable bonds is 5. The Morgan fingerprint density at radius 2 is 1.59 bits per heavy atom. The van der Waals surface area contributed by atoms with Crippen LogP contribution in [0.5, 0.6) is 0 Å². The summed E-state index contributed by atoms with van der Waals surface area (Å²) in [6.07, 6.45) is 1.92. The van der Waals surface area contributed by atoms with Gasteiger partial charge in [0.1, 0.15) is 6.04 Å². The van der Waals surface area contributed by atoms with E-state index in [1.807, 2.05) is 24.3 Å². The maximum absolute atomic E-state index is 13.5. The Balaban J connectivity index is 1.59. The van der Waals surface area contributed by atoms with E-state index in [0.717, 1.165) is 18.4 Å². The third-order valence-corrected chi connectivity index (χ3v) is 7.74. The molecule has 156 valence electrons. The summed E-state index contributed by atoms with van der Waals surface area (Å²) < 4.78 is 0. The number of hydrogen-bond donors (Lipinski definition) is 0. The molecule has 1 aromatic rings. The summed E-state index contributed by atoms with van der Waals surface area (Å²) in [4.78, 5) is 42.6. The molecule has 3 fully saturated rings. The number of benzene rings is 1. The highest BCUT2D eigenvalue weighted by Crippen LogP contribution is 2.69. The molecule has 2 saturated carbocycles. The van der Waals surface area contributed by atoms with Crippen molar-refractivity contribution >= 4 is 23.4 Å². The predicted octanol–water partition coefficient (Wildman–Crippen LogP) is 4.12. The first kappa shape index (κ1) is 20.1. The fourth-order valence-corrected chi connectivity index (χ4v) is 5.02. The van der Waals surface area contributed by atoms with Crippen molar-refractivity contribution in [2.24, 2.45) is 16.7 Å². The maximum Gasteiger partial charge on any atom is 0.257 e. The lowest BCUT2D eigenvalue weighted by Crippen LogP contribution is -2.48. The molecule has 4 rings (SSSR count). The molecule has 0 spiro atoms. The Morgan fingerprint density at radius 3 is 2.03 bits per heavy atom. The third kappa shape index (κ3) is 3.01. The largest absolute Gasteiger partial charge is 0.327 e. The Kier molecular flexibility index (Phi) is 4.45. The van der Waals surface area contributed by atoms with Crippen LogP contribution in [-0.4, -0.2) is 34.7 Å². The normalized spacial score (nSPS) is 25.6. The summed E-state index contributed by atoms with van der Waals surface area (Å²) in [6, 6.07) is 7.03. The van der Waals surface area contributed by atoms with Crippen LogP contribution in [-0.2, 0) is 14.4 Å². The van der Waals surface area contributed by atoms with Gasteiger partial charge in [-0.1, -0.05) is 53.7 Å². The Bertz CT molecular complexity index is 851. The Morgan fingerprint density at radius 1 is 1.03 bits per heavy atom. The Labute approximate surface area is 173 Å². The molecular weight excluding hydrogens is 364 g/mol. The van der Waals surface area contributed by atoms with Gasteiger partial charge in [-0.3, -0.25) is 14.4 Å². The van der Waals surface area contributed by atoms with Crippen LogP contribution in [0, 0.1) is 16.7 Å². The molecule has 1 unspecified atom stereocenters. The molecule has 29 heavy (non-hydrogen) atoms. The van der Waals surface area contributed by atoms with Gasteiger partial charge in [0.2, 0.25) is 11.8 Å². The van der Waals surface area contributed by atoms with Crippen LogP contribution < -0.4 is 4.90 Å². The van der Waals surface area contributed by atoms with Crippen molar-refractivity contribution in [2.75, 3.05) is 4.90 Å². The lowest BCUT2D eigenvalue weighted by Gasteiger charge is -2.28. The predicted molar refractivity (Wildman–Crippen MR) is 112 cm³/mol. The van der Waals surface area contributed by atoms with Gasteiger partial charge in [0.05, 0.1) is 12.1 Å². The zero-order chi connectivity index (χ0) is 21.3. The van der Waals surface area contributed by atoms with Crippen LogP contribution in [0.25, 0.3) is 0 Å². The number of carbonyl (C=O) groups excluding carboxylic acids is 3. The minimum atomic E-state index is -0.667. The molecule has 3 aliphatic rings. The second-order valence-corrected chi connectivity index (χ2v) is 10.4. The van der Waals surface area contributed by atoms with Gasteiger partial charge in [-0.2, -0.15) is 0 Å². The van der Waals surface area contributed by atoms with E-state index in [-0.39, 0.29) is 46.9 Å². The highest BCUT2D eigenvalue weighted by atomic mass is 16.2. The molecule has 2 aliphatic carbocycles. The number of imide groups is 1. The smallest absolute Gasteiger partial charge is 0.257 e. The molecule has 1 aliphatic heterocycles. The van der Waals surface area contributed by atoms with E-state index in [2.05, 4.69) is 41.5 Å². The van der Waals surface area contributed by atoms with Crippen LogP contribution >= 0.6 is 0 Å². The molecule has 3 amide bonds. The second kappa shape index (κ2) is 6.41. The molecule has 1 heterocycles. The van der Waals surface area contributed by atoms with E-state index in [1.165, 1.54) is 4.90 Å². The molecule has 0 bridgehead atoms. The molecule has 1 saturated heterocycles. The molecular formula is C24H32N2O3. The second-order valence-electron chi connectivity index (χ2n) is 10.4. The van der Waals surface area contributed by atoms with Crippen molar-refractivity contribution in [3.05, 3.63) is 29.8 Å². The number of hydrogen-bond acceptors (Lipinski definition) is 3. The fraction of sp³-hybridized carbons (Fsp3) is 0.625. The SMILES string of the molecule is CC(C)c1ccc(N2C(=O)CC(N(C(=O)C3C(C)(C)C3(C)C)C3CC3)C2=O)cc1. The summed E-state index contributed by atoms with van der Waals surface area (Å²) >= 11 is 0. The van der Waals surface area contributed by atoms with Crippen molar-refractivity contribution in [3.63, 3.8) is 0 Å². The van der Waals surface area contributed by atoms with Crippen LogP contribution in [0.1, 0.15) is 72.3 Å². The minimum absolute atomic E-state index is 0.0469. The van der Waals surface area contributed by atoms with Crippen LogP contribution in [0.3, 0.4) is 0 Å². The lowest BCUT2D eigenvalue weighted by atomic mass is 10.0. The van der Waals surface area contributed by atoms with E-state index in [4.69, 9.17) is 0 Å². The van der Waals surface area contributed by atoms with E-state index >= 15 is 0 Å². The first-order valence-electron chi connectivity index (χ1n) is 10.8. The average Bonchev–Trinajstić information content (AvgIpc) is 3.49. The fourth-order valence-electron chi connectivity index (χ4n) is 5.02. The minimum Gasteiger partial charge on any atom is -0.327 e. The topological polar surface area (TPSA) is 57.7 Å². The Hall–Kier alpha value is -2.17. The van der Waals surface area contributed by atoms with Gasteiger partial charge < -0.3 is 4.90 Å². The van der Waals surface area contributed by atoms with Gasteiger partial charge in [-0.15, -0.1) is 0 Å². The number of amides is 3. The summed E-state index contributed by atoms with van der Waals surface area (Å²) in [7, 11) is 0. The zero-order valence-electron chi connectivity index (χ0n) is 18.4. The summed E-state index contributed by atoms with van der Waals surface area (Å²) in [5.74, 6) is -0.146. The molecule has 5 nitrogen and oxygen atoms in total. The highest BCUT2D eigenvalue weighted by molar-refractivity contribution is 6.23. The molecule has 0 aromatic heterocycles. The van der Waals surface area contributed by atoms with Gasteiger partial charge in [0.15, 0.2) is 0 Å². The van der Waals surface area contributed by atoms with Crippen molar-refractivity contribution in [1.82, 2.24) is 4.90 Å². The molecule has 1 atom stereocenters. The van der Waals surface area contributed by atoms with E-state index in [0.29, 0.717) is 11.6 Å². The van der Waals surface area contributed by atoms with Gasteiger partial charge >= 0.3 is 0 Å². The first-order chi connectivity index (χ1) is 13.5. The van der Waals surface area contributed by atoms with E-state index in [1.54, 1.807) is 4.90 Å². The zero-order valence-corrected chi connectivity index (χ0v) is 18.4. The molecule has 1 aromatic carbocycles. The molecule has 0 N–H and O–H groups in total. The van der Waals surface area contributed by atoms with Crippen molar-refractivity contribution in [1.29, 1.82) is 0 Å². The van der Waals surface area contributed by atoms with Crippen molar-refractivity contribution < 1.29 is 14.4 Å². The van der Waals surface area contributed by atoms with Gasteiger partial charge in [-0.25, -0.2) is 4.90 Å². The van der Waals surface area contributed by atoms with Crippen molar-refractivity contribution in [3.8, 4) is 0 Å². The monoisotopic (exact) mass is 396 g/mol. The summed E-state index contributed by atoms with van der Waals surface area (Å²) in [5.41, 5.74) is 1.59. The van der Waals surface area contributed by atoms with Crippen LogP contribution in [0.2, 0.25) is 0 Å². The number of carbonyl (C=O) groups is 3. The van der Waals surface area contributed by atoms with Gasteiger partial charge in [0.25, 0.3) is 5.91 Å². The highest BCUT2D eigenvalue weighted by Gasteiger charge is 2.70. The van der Waals surface area contributed by atoms with E-state index < -0.39 is 6.04 Å². The summed E-state index contributed by atoms with van der Waals surface area (Å²) in [6.45, 7) is 12.7. The first-order valence-corrected chi connectivity index (χ1v) is 10.8. The number of anilines is 1. The summed E-state index contributed by atoms with van der Waals surface area (Å²) in [5, 5.41) is 0. The molecule has 5 heteroatoms. The van der Waals surface area contributed by atoms with Crippen LogP contribution in [0.4, 0.5) is 5.69 Å². The molecule has 0 radical (unpaired) electrons. The van der Waals surface area contributed by atoms with Gasteiger partial charge in [-0.05, 0) is 47.3 Å². The quantitative estimate of drug-likeness (QED) is 0.704. The lowest BCUT2D eigenvalue weighted by molar-refractivity contribution is -0.141. The average molecular weight is 397 g/mol. The van der Waals surface area contributed by atoms with Crippen LogP contribution in [0.15, 0.2) is 24.3 Å². The number of nitrogens with zero attached hydrogens (tertiary/aromatic N) is 2.